The number of carbonyl (C=O) groups excluding carboxylic acids is 4. The molecule has 0 radical (unpaired) electrons. The average molecular weight is 580 g/mol. The number of nitrogens with zero attached hydrogens (tertiary/aromatic N) is 2. The first-order chi connectivity index (χ1) is 19.8. The number of primary amides is 1. The van der Waals surface area contributed by atoms with Crippen LogP contribution in [0.4, 0.5) is 5.69 Å². The minimum absolute atomic E-state index is 0.0168. The molecule has 4 amide bonds. The summed E-state index contributed by atoms with van der Waals surface area (Å²) in [5.41, 5.74) is 8.45. The predicted molar refractivity (Wildman–Crippen MR) is 163 cm³/mol. The zero-order chi connectivity index (χ0) is 29.4. The molecule has 2 heterocycles. The van der Waals surface area contributed by atoms with E-state index in [2.05, 4.69) is 10.6 Å². The van der Waals surface area contributed by atoms with Gasteiger partial charge in [0.15, 0.2) is 0 Å². The Labute approximate surface area is 245 Å². The number of thiophene rings is 1. The molecule has 1 aliphatic carbocycles. The summed E-state index contributed by atoms with van der Waals surface area (Å²) in [6, 6.07) is 11.7. The van der Waals surface area contributed by atoms with Gasteiger partial charge in [0.1, 0.15) is 12.2 Å². The van der Waals surface area contributed by atoms with Gasteiger partial charge in [0.05, 0.1) is 10.2 Å². The molecule has 1 saturated carbocycles. The Kier molecular flexibility index (Phi) is 10.6. The number of benzene rings is 1. The molecular weight excluding hydrogens is 538 g/mol. The number of unbranched alkanes of at least 4 members (excludes halogenated alkanes) is 2. The van der Waals surface area contributed by atoms with Gasteiger partial charge >= 0.3 is 0 Å². The van der Waals surface area contributed by atoms with Crippen molar-refractivity contribution in [3.63, 3.8) is 0 Å². The minimum Gasteiger partial charge on any atom is -0.370 e. The van der Waals surface area contributed by atoms with E-state index >= 15 is 0 Å². The molecule has 10 heteroatoms. The van der Waals surface area contributed by atoms with Gasteiger partial charge in [-0.15, -0.1) is 11.3 Å². The molecule has 0 unspecified atom stereocenters. The number of aromatic nitrogens is 1. The highest BCUT2D eigenvalue weighted by Gasteiger charge is 2.28. The van der Waals surface area contributed by atoms with Crippen LogP contribution in [0.5, 0.6) is 0 Å². The van der Waals surface area contributed by atoms with E-state index in [9.17, 15) is 19.2 Å². The first kappa shape index (κ1) is 30.3. The molecule has 0 aliphatic heterocycles. The molecule has 41 heavy (non-hydrogen) atoms. The maximum Gasteiger partial charge on any atom is 0.268 e. The first-order valence-corrected chi connectivity index (χ1v) is 15.5. The lowest BCUT2D eigenvalue weighted by atomic mass is 9.85. The highest BCUT2D eigenvalue weighted by molar-refractivity contribution is 7.17. The van der Waals surface area contributed by atoms with Crippen LogP contribution < -0.4 is 21.3 Å². The van der Waals surface area contributed by atoms with Crippen LogP contribution in [-0.2, 0) is 20.9 Å². The van der Waals surface area contributed by atoms with E-state index in [4.69, 9.17) is 5.73 Å². The van der Waals surface area contributed by atoms with Gasteiger partial charge in [-0.1, -0.05) is 18.6 Å². The Morgan fingerprint density at radius 2 is 1.83 bits per heavy atom. The zero-order valence-electron chi connectivity index (χ0n) is 24.0. The largest absolute Gasteiger partial charge is 0.370 e. The Morgan fingerprint density at radius 1 is 1.05 bits per heavy atom. The van der Waals surface area contributed by atoms with Crippen LogP contribution in [0.15, 0.2) is 41.8 Å². The summed E-state index contributed by atoms with van der Waals surface area (Å²) in [6.45, 7) is 5.15. The third kappa shape index (κ3) is 7.97. The molecule has 0 saturated heterocycles. The molecule has 4 N–H and O–H groups in total. The molecule has 0 atom stereocenters. The molecule has 220 valence electrons. The van der Waals surface area contributed by atoms with Gasteiger partial charge in [0.2, 0.25) is 17.7 Å². The summed E-state index contributed by atoms with van der Waals surface area (Å²) >= 11 is 1.55. The topological polar surface area (TPSA) is 127 Å². The number of hydrogen-bond acceptors (Lipinski definition) is 5. The highest BCUT2D eigenvalue weighted by atomic mass is 32.1. The Morgan fingerprint density at radius 3 is 2.54 bits per heavy atom. The Hall–Kier alpha value is -3.66. The lowest BCUT2D eigenvalue weighted by Gasteiger charge is -2.28. The predicted octanol–water partition coefficient (Wildman–Crippen LogP) is 4.51. The fourth-order valence-electron chi connectivity index (χ4n) is 5.57. The van der Waals surface area contributed by atoms with Gasteiger partial charge < -0.3 is 25.8 Å². The van der Waals surface area contributed by atoms with Crippen molar-refractivity contribution in [2.75, 3.05) is 18.0 Å². The number of nitrogens with two attached hydrogens (primary N) is 1. The van der Waals surface area contributed by atoms with E-state index in [1.165, 1.54) is 0 Å². The zero-order valence-corrected chi connectivity index (χ0v) is 24.8. The van der Waals surface area contributed by atoms with Crippen molar-refractivity contribution in [2.45, 2.75) is 77.8 Å². The van der Waals surface area contributed by atoms with Crippen LogP contribution in [0.2, 0.25) is 0 Å². The third-order valence-electron chi connectivity index (χ3n) is 7.81. The molecule has 4 rings (SSSR count). The number of anilines is 1. The smallest absolute Gasteiger partial charge is 0.268 e. The van der Waals surface area contributed by atoms with E-state index in [-0.39, 0.29) is 42.1 Å². The van der Waals surface area contributed by atoms with Crippen LogP contribution in [0.3, 0.4) is 0 Å². The summed E-state index contributed by atoms with van der Waals surface area (Å²) in [6.07, 6.45) is 5.70. The quantitative estimate of drug-likeness (QED) is 0.258. The second-order valence-corrected chi connectivity index (χ2v) is 11.8. The number of rotatable bonds is 13. The molecule has 1 aromatic carbocycles. The summed E-state index contributed by atoms with van der Waals surface area (Å²) < 4.78 is 2.79. The van der Waals surface area contributed by atoms with Crippen LogP contribution in [0.1, 0.15) is 74.3 Å². The Balaban J connectivity index is 1.32. The third-order valence-corrected chi connectivity index (χ3v) is 8.66. The van der Waals surface area contributed by atoms with E-state index in [1.54, 1.807) is 16.2 Å². The van der Waals surface area contributed by atoms with Crippen LogP contribution in [0.25, 0.3) is 10.2 Å². The number of hydrogen-bond donors (Lipinski definition) is 3. The summed E-state index contributed by atoms with van der Waals surface area (Å²) in [5.74, 6) is -0.548. The molecular formula is C31H41N5O4S. The van der Waals surface area contributed by atoms with Gasteiger partial charge in [0, 0.05) is 37.2 Å². The van der Waals surface area contributed by atoms with Crippen molar-refractivity contribution >= 4 is 50.9 Å². The number of nitrogens with one attached hydrogen (secondary N) is 2. The number of fused-ring (bicyclic) bond motifs is 1. The summed E-state index contributed by atoms with van der Waals surface area (Å²) in [5, 5.41) is 8.15. The van der Waals surface area contributed by atoms with Gasteiger partial charge in [0.25, 0.3) is 5.91 Å². The van der Waals surface area contributed by atoms with Crippen LogP contribution in [-0.4, -0.2) is 47.3 Å². The maximum absolute atomic E-state index is 13.5. The molecule has 3 aromatic rings. The average Bonchev–Trinajstić information content (AvgIpc) is 3.54. The standard InChI is InChI=1S/C31H41N5O4S/c1-3-35(24-9-7-8-21(2)18-24)29(38)20-36-25-15-17-41-27(25)19-26(36)31(40)34-23-13-11-22(12-14-23)30(39)33-16-6-4-5-10-28(32)37/h7-9,15,17-19,22-23H,3-6,10-14,16,20H2,1-2H3,(H2,32,37)(H,33,39)(H,34,40)/t22-,23-. The maximum atomic E-state index is 13.5. The number of carbonyl (C=O) groups is 4. The number of aryl methyl sites for hydroxylation is 1. The highest BCUT2D eigenvalue weighted by Crippen LogP contribution is 2.28. The van der Waals surface area contributed by atoms with Crippen molar-refractivity contribution in [1.29, 1.82) is 0 Å². The van der Waals surface area contributed by atoms with E-state index in [1.807, 2.05) is 60.2 Å². The lowest BCUT2D eigenvalue weighted by molar-refractivity contribution is -0.126. The van der Waals surface area contributed by atoms with Crippen molar-refractivity contribution in [3.8, 4) is 0 Å². The van der Waals surface area contributed by atoms with E-state index < -0.39 is 0 Å². The van der Waals surface area contributed by atoms with Gasteiger partial charge in [-0.05, 0) is 87.6 Å². The van der Waals surface area contributed by atoms with E-state index in [0.717, 1.165) is 66.4 Å². The molecule has 2 aromatic heterocycles. The van der Waals surface area contributed by atoms with Crippen LogP contribution >= 0.6 is 11.3 Å². The SMILES string of the molecule is CCN(C(=O)Cn1c(C(=O)N[C@H]2CC[C@H](C(=O)NCCCCCC(N)=O)CC2)cc2sccc21)c1cccc(C)c1. The van der Waals surface area contributed by atoms with Gasteiger partial charge in [-0.3, -0.25) is 19.2 Å². The van der Waals surface area contributed by atoms with Gasteiger partial charge in [-0.25, -0.2) is 0 Å². The fraction of sp³-hybridized carbons (Fsp3) is 0.484. The van der Waals surface area contributed by atoms with E-state index in [0.29, 0.717) is 25.2 Å². The molecule has 1 aliphatic rings. The summed E-state index contributed by atoms with van der Waals surface area (Å²) in [4.78, 5) is 52.1. The second kappa shape index (κ2) is 14.3. The Bertz CT molecular complexity index is 1370. The van der Waals surface area contributed by atoms with Crippen LogP contribution in [0, 0.1) is 12.8 Å². The number of amides is 4. The van der Waals surface area contributed by atoms with Crippen molar-refractivity contribution in [3.05, 3.63) is 53.0 Å². The summed E-state index contributed by atoms with van der Waals surface area (Å²) in [7, 11) is 0. The fourth-order valence-corrected chi connectivity index (χ4v) is 6.39. The normalized spacial score (nSPS) is 16.8. The minimum atomic E-state index is -0.291. The first-order valence-electron chi connectivity index (χ1n) is 14.6. The molecule has 0 spiro atoms. The molecule has 0 bridgehead atoms. The van der Waals surface area contributed by atoms with Crippen molar-refractivity contribution < 1.29 is 19.2 Å². The van der Waals surface area contributed by atoms with Gasteiger partial charge in [-0.2, -0.15) is 0 Å². The second-order valence-electron chi connectivity index (χ2n) is 10.9. The van der Waals surface area contributed by atoms with Crippen molar-refractivity contribution in [1.82, 2.24) is 15.2 Å². The van der Waals surface area contributed by atoms with Crippen molar-refractivity contribution in [2.24, 2.45) is 11.7 Å². The lowest BCUT2D eigenvalue weighted by Crippen LogP contribution is -2.42. The molecule has 9 nitrogen and oxygen atoms in total. The number of likely N-dealkylation sites (N-methyl/N-ethyl adjacent to an activating group) is 1. The monoisotopic (exact) mass is 579 g/mol. The molecule has 1 fully saturated rings.